The van der Waals surface area contributed by atoms with Crippen LogP contribution in [0.1, 0.15) is 27.1 Å². The van der Waals surface area contributed by atoms with Crippen LogP contribution in [0.2, 0.25) is 5.02 Å². The van der Waals surface area contributed by atoms with Crippen molar-refractivity contribution in [3.63, 3.8) is 0 Å². The van der Waals surface area contributed by atoms with Gasteiger partial charge < -0.3 is 16.4 Å². The first kappa shape index (κ1) is 24.1. The monoisotopic (exact) mass is 468 g/mol. The number of thioether (sulfide) groups is 1. The number of carbonyl (C=O) groups is 3. The first-order chi connectivity index (χ1) is 14.6. The quantitative estimate of drug-likeness (QED) is 0.381. The van der Waals surface area contributed by atoms with Crippen LogP contribution in [0, 0.1) is 15.9 Å². The van der Waals surface area contributed by atoms with E-state index in [1.807, 2.05) is 6.26 Å². The molecule has 0 saturated carbocycles. The van der Waals surface area contributed by atoms with Crippen molar-refractivity contribution >= 4 is 52.5 Å². The Hall–Kier alpha value is -3.18. The van der Waals surface area contributed by atoms with Crippen molar-refractivity contribution < 1.29 is 23.7 Å². The summed E-state index contributed by atoms with van der Waals surface area (Å²) in [6.07, 6.45) is 2.07. The predicted octanol–water partition coefficient (Wildman–Crippen LogP) is 2.98. The summed E-state index contributed by atoms with van der Waals surface area (Å²) >= 11 is 7.20. The van der Waals surface area contributed by atoms with E-state index < -0.39 is 45.8 Å². The maximum atomic E-state index is 13.6. The number of nitro groups is 1. The maximum Gasteiger partial charge on any atom is 0.288 e. The molecule has 0 heterocycles. The van der Waals surface area contributed by atoms with Gasteiger partial charge in [0, 0.05) is 17.3 Å². The number of primary amides is 1. The Morgan fingerprint density at radius 2 is 1.97 bits per heavy atom. The summed E-state index contributed by atoms with van der Waals surface area (Å²) in [6.45, 7) is 0. The molecular weight excluding hydrogens is 451 g/mol. The van der Waals surface area contributed by atoms with Gasteiger partial charge in [0.25, 0.3) is 17.5 Å². The summed E-state index contributed by atoms with van der Waals surface area (Å²) in [7, 11) is 0. The Morgan fingerprint density at radius 3 is 2.58 bits per heavy atom. The van der Waals surface area contributed by atoms with Crippen molar-refractivity contribution in [1.82, 2.24) is 5.32 Å². The summed E-state index contributed by atoms with van der Waals surface area (Å²) in [5.74, 6) is -2.63. The van der Waals surface area contributed by atoms with Crippen molar-refractivity contribution in [3.05, 3.63) is 68.5 Å². The number of hydrogen-bond acceptors (Lipinski definition) is 6. The lowest BCUT2D eigenvalue weighted by molar-refractivity contribution is -0.384. The molecule has 31 heavy (non-hydrogen) atoms. The number of halogens is 2. The SMILES string of the molecule is CSCCC(NC(=O)c1ccc(Cl)c([N+](=O)[O-])c1)C(=O)Nc1ccc(F)c(C(N)=O)c1. The van der Waals surface area contributed by atoms with E-state index in [4.69, 9.17) is 17.3 Å². The lowest BCUT2D eigenvalue weighted by Gasteiger charge is -2.18. The van der Waals surface area contributed by atoms with Crippen molar-refractivity contribution in [2.45, 2.75) is 12.5 Å². The minimum atomic E-state index is -1.00. The normalized spacial score (nSPS) is 11.5. The highest BCUT2D eigenvalue weighted by Crippen LogP contribution is 2.25. The number of nitrogens with two attached hydrogens (primary N) is 1. The lowest BCUT2D eigenvalue weighted by Crippen LogP contribution is -2.44. The van der Waals surface area contributed by atoms with E-state index in [1.54, 1.807) is 0 Å². The first-order valence-corrected chi connectivity index (χ1v) is 10.5. The third-order valence-corrected chi connectivity index (χ3v) is 5.10. The molecule has 0 radical (unpaired) electrons. The topological polar surface area (TPSA) is 144 Å². The Kier molecular flexibility index (Phi) is 8.34. The number of amides is 3. The van der Waals surface area contributed by atoms with Crippen LogP contribution in [0.25, 0.3) is 0 Å². The van der Waals surface area contributed by atoms with Gasteiger partial charge in [-0.1, -0.05) is 11.6 Å². The Labute approximate surface area is 185 Å². The van der Waals surface area contributed by atoms with Crippen LogP contribution in [0.4, 0.5) is 15.8 Å². The molecule has 2 aromatic carbocycles. The summed E-state index contributed by atoms with van der Waals surface area (Å²) in [4.78, 5) is 46.9. The van der Waals surface area contributed by atoms with Crippen LogP contribution in [0.15, 0.2) is 36.4 Å². The van der Waals surface area contributed by atoms with Crippen molar-refractivity contribution in [1.29, 1.82) is 0 Å². The van der Waals surface area contributed by atoms with E-state index in [0.717, 1.165) is 18.2 Å². The fourth-order valence-electron chi connectivity index (χ4n) is 2.56. The second-order valence-corrected chi connectivity index (χ2v) is 7.67. The van der Waals surface area contributed by atoms with E-state index in [0.29, 0.717) is 5.75 Å². The Morgan fingerprint density at radius 1 is 1.26 bits per heavy atom. The average molecular weight is 469 g/mol. The molecule has 0 aliphatic carbocycles. The van der Waals surface area contributed by atoms with Gasteiger partial charge in [0.05, 0.1) is 10.5 Å². The number of nitrogens with zero attached hydrogens (tertiary/aromatic N) is 1. The summed E-state index contributed by atoms with van der Waals surface area (Å²) < 4.78 is 13.6. The molecule has 0 bridgehead atoms. The van der Waals surface area contributed by atoms with Crippen LogP contribution in [-0.2, 0) is 4.79 Å². The van der Waals surface area contributed by atoms with Crippen molar-refractivity contribution in [2.75, 3.05) is 17.3 Å². The third kappa shape index (κ3) is 6.40. The highest BCUT2D eigenvalue weighted by atomic mass is 35.5. The second kappa shape index (κ2) is 10.7. The smallest absolute Gasteiger partial charge is 0.288 e. The molecule has 12 heteroatoms. The molecule has 1 unspecified atom stereocenters. The van der Waals surface area contributed by atoms with E-state index in [-0.39, 0.29) is 22.7 Å². The van der Waals surface area contributed by atoms with Crippen molar-refractivity contribution in [2.24, 2.45) is 5.73 Å². The fourth-order valence-corrected chi connectivity index (χ4v) is 3.22. The molecule has 0 saturated heterocycles. The molecule has 0 spiro atoms. The molecule has 2 rings (SSSR count). The van der Waals surface area contributed by atoms with Gasteiger partial charge in [0.1, 0.15) is 16.9 Å². The number of carbonyl (C=O) groups excluding carboxylic acids is 3. The standard InChI is InChI=1S/C19H18ClFN4O5S/c1-31-7-6-15(19(28)23-11-3-5-14(21)12(9-11)17(22)26)24-18(27)10-2-4-13(20)16(8-10)25(29)30/h2-5,8-9,15H,6-7H2,1H3,(H2,22,26)(H,23,28)(H,24,27). The Bertz CT molecular complexity index is 1040. The fraction of sp³-hybridized carbons (Fsp3) is 0.211. The van der Waals surface area contributed by atoms with Crippen LogP contribution in [-0.4, -0.2) is 40.7 Å². The number of nitro benzene ring substituents is 1. The van der Waals surface area contributed by atoms with E-state index in [2.05, 4.69) is 10.6 Å². The molecule has 9 nitrogen and oxygen atoms in total. The van der Waals surface area contributed by atoms with Gasteiger partial charge in [0.15, 0.2) is 0 Å². The molecule has 1 atom stereocenters. The zero-order chi connectivity index (χ0) is 23.1. The van der Waals surface area contributed by atoms with E-state index >= 15 is 0 Å². The molecule has 4 N–H and O–H groups in total. The van der Waals surface area contributed by atoms with Crippen LogP contribution < -0.4 is 16.4 Å². The van der Waals surface area contributed by atoms with Crippen LogP contribution in [0.3, 0.4) is 0 Å². The summed E-state index contributed by atoms with van der Waals surface area (Å²) in [5.41, 5.74) is 4.34. The molecule has 164 valence electrons. The van der Waals surface area contributed by atoms with E-state index in [9.17, 15) is 28.9 Å². The van der Waals surface area contributed by atoms with Gasteiger partial charge in [0.2, 0.25) is 5.91 Å². The number of nitrogens with one attached hydrogen (secondary N) is 2. The number of benzene rings is 2. The number of anilines is 1. The van der Waals surface area contributed by atoms with E-state index in [1.165, 1.54) is 30.0 Å². The van der Waals surface area contributed by atoms with Crippen LogP contribution in [0.5, 0.6) is 0 Å². The Balaban J connectivity index is 2.21. The molecular formula is C19H18ClFN4O5S. The van der Waals surface area contributed by atoms with Crippen molar-refractivity contribution in [3.8, 4) is 0 Å². The molecule has 0 aromatic heterocycles. The highest BCUT2D eigenvalue weighted by Gasteiger charge is 2.23. The summed E-state index contributed by atoms with van der Waals surface area (Å²) in [6, 6.07) is 5.85. The molecule has 0 aliphatic heterocycles. The average Bonchev–Trinajstić information content (AvgIpc) is 2.72. The largest absolute Gasteiger partial charge is 0.366 e. The van der Waals surface area contributed by atoms with Gasteiger partial charge >= 0.3 is 0 Å². The lowest BCUT2D eigenvalue weighted by atomic mass is 10.1. The van der Waals surface area contributed by atoms with Gasteiger partial charge in [-0.3, -0.25) is 24.5 Å². The molecule has 0 fully saturated rings. The second-order valence-electron chi connectivity index (χ2n) is 6.28. The van der Waals surface area contributed by atoms with Gasteiger partial charge in [-0.15, -0.1) is 0 Å². The zero-order valence-corrected chi connectivity index (χ0v) is 17.8. The molecule has 3 amide bonds. The first-order valence-electron chi connectivity index (χ1n) is 8.78. The zero-order valence-electron chi connectivity index (χ0n) is 16.2. The minimum absolute atomic E-state index is 0.0455. The highest BCUT2D eigenvalue weighted by molar-refractivity contribution is 7.98. The third-order valence-electron chi connectivity index (χ3n) is 4.14. The number of hydrogen-bond donors (Lipinski definition) is 3. The maximum absolute atomic E-state index is 13.6. The molecule has 2 aromatic rings. The van der Waals surface area contributed by atoms with Gasteiger partial charge in [-0.25, -0.2) is 4.39 Å². The van der Waals surface area contributed by atoms with Gasteiger partial charge in [-0.05, 0) is 48.8 Å². The predicted molar refractivity (Wildman–Crippen MR) is 116 cm³/mol. The number of rotatable bonds is 9. The van der Waals surface area contributed by atoms with Crippen LogP contribution >= 0.6 is 23.4 Å². The van der Waals surface area contributed by atoms with Gasteiger partial charge in [-0.2, -0.15) is 11.8 Å². The summed E-state index contributed by atoms with van der Waals surface area (Å²) in [5, 5.41) is 15.9. The molecule has 0 aliphatic rings. The minimum Gasteiger partial charge on any atom is -0.366 e.